The number of halogens is 1. The molecule has 1 aromatic heterocycles. The third-order valence-corrected chi connectivity index (χ3v) is 2.70. The van der Waals surface area contributed by atoms with Crippen molar-refractivity contribution in [2.24, 2.45) is 5.41 Å². The summed E-state index contributed by atoms with van der Waals surface area (Å²) < 4.78 is 13.0. The van der Waals surface area contributed by atoms with Crippen LogP contribution in [0.4, 0.5) is 4.39 Å². The van der Waals surface area contributed by atoms with Crippen LogP contribution >= 0.6 is 0 Å². The van der Waals surface area contributed by atoms with Gasteiger partial charge in [0.15, 0.2) is 0 Å². The van der Waals surface area contributed by atoms with E-state index in [9.17, 15) is 14.0 Å². The Balaban J connectivity index is 2.85. The molecule has 1 rings (SSSR count). The van der Waals surface area contributed by atoms with Crippen LogP contribution in [0.1, 0.15) is 37.6 Å². The topological polar surface area (TPSA) is 79.3 Å². The third-order valence-electron chi connectivity index (χ3n) is 2.70. The number of carboxylic acids is 1. The third kappa shape index (κ3) is 4.65. The summed E-state index contributed by atoms with van der Waals surface area (Å²) in [4.78, 5) is 26.3. The zero-order valence-electron chi connectivity index (χ0n) is 11.1. The molecule has 1 aromatic rings. The van der Waals surface area contributed by atoms with E-state index in [1.54, 1.807) is 0 Å². The molecule has 1 unspecified atom stereocenters. The van der Waals surface area contributed by atoms with Gasteiger partial charge in [-0.1, -0.05) is 20.8 Å². The van der Waals surface area contributed by atoms with E-state index in [-0.39, 0.29) is 12.0 Å². The van der Waals surface area contributed by atoms with Crippen molar-refractivity contribution in [2.45, 2.75) is 33.2 Å². The molecule has 0 saturated heterocycles. The van der Waals surface area contributed by atoms with E-state index in [1.807, 2.05) is 20.8 Å². The highest BCUT2D eigenvalue weighted by atomic mass is 19.1. The summed E-state index contributed by atoms with van der Waals surface area (Å²) in [6.45, 7) is 5.47. The van der Waals surface area contributed by atoms with Gasteiger partial charge in [-0.2, -0.15) is 0 Å². The van der Waals surface area contributed by atoms with Crippen LogP contribution in [-0.4, -0.2) is 28.0 Å². The van der Waals surface area contributed by atoms with Crippen LogP contribution in [0, 0.1) is 11.2 Å². The fourth-order valence-corrected chi connectivity index (χ4v) is 1.53. The molecule has 6 heteroatoms. The average molecular weight is 268 g/mol. The SMILES string of the molecule is CC(C)(C)C(CC(=O)O)NC(=O)c1cncc(F)c1. The Bertz CT molecular complexity index is 483. The number of rotatable bonds is 4. The monoisotopic (exact) mass is 268 g/mol. The molecule has 19 heavy (non-hydrogen) atoms. The normalized spacial score (nSPS) is 12.8. The maximum absolute atomic E-state index is 13.0. The average Bonchev–Trinajstić information content (AvgIpc) is 2.26. The summed E-state index contributed by atoms with van der Waals surface area (Å²) in [5.74, 6) is -2.15. The number of nitrogens with one attached hydrogen (secondary N) is 1. The fraction of sp³-hybridized carbons (Fsp3) is 0.462. The molecule has 0 bridgehead atoms. The first-order valence-electron chi connectivity index (χ1n) is 5.83. The number of aliphatic carboxylic acids is 1. The van der Waals surface area contributed by atoms with Crippen LogP contribution in [-0.2, 0) is 4.79 Å². The van der Waals surface area contributed by atoms with Gasteiger partial charge in [-0.3, -0.25) is 14.6 Å². The summed E-state index contributed by atoms with van der Waals surface area (Å²) in [5, 5.41) is 11.5. The van der Waals surface area contributed by atoms with Crippen LogP contribution in [0.3, 0.4) is 0 Å². The smallest absolute Gasteiger partial charge is 0.305 e. The first kappa shape index (κ1) is 15.1. The van der Waals surface area contributed by atoms with Gasteiger partial charge in [0.05, 0.1) is 18.2 Å². The molecule has 0 aliphatic rings. The number of pyridine rings is 1. The molecule has 0 spiro atoms. The van der Waals surface area contributed by atoms with Crippen molar-refractivity contribution in [3.63, 3.8) is 0 Å². The molecule has 0 saturated carbocycles. The molecule has 0 radical (unpaired) electrons. The van der Waals surface area contributed by atoms with Gasteiger partial charge < -0.3 is 10.4 Å². The van der Waals surface area contributed by atoms with E-state index in [0.29, 0.717) is 0 Å². The summed E-state index contributed by atoms with van der Waals surface area (Å²) in [6, 6.07) is 0.504. The zero-order valence-corrected chi connectivity index (χ0v) is 11.1. The van der Waals surface area contributed by atoms with E-state index in [2.05, 4.69) is 10.3 Å². The highest BCUT2D eigenvalue weighted by Gasteiger charge is 2.28. The molecular formula is C13H17FN2O3. The van der Waals surface area contributed by atoms with Gasteiger partial charge in [-0.05, 0) is 11.5 Å². The number of nitrogens with zero attached hydrogens (tertiary/aromatic N) is 1. The van der Waals surface area contributed by atoms with Crippen LogP contribution in [0.15, 0.2) is 18.5 Å². The van der Waals surface area contributed by atoms with E-state index in [1.165, 1.54) is 6.20 Å². The van der Waals surface area contributed by atoms with Gasteiger partial charge in [-0.15, -0.1) is 0 Å². The van der Waals surface area contributed by atoms with E-state index in [0.717, 1.165) is 12.3 Å². The predicted octanol–water partition coefficient (Wildman–Crippen LogP) is 1.84. The highest BCUT2D eigenvalue weighted by Crippen LogP contribution is 2.22. The van der Waals surface area contributed by atoms with Gasteiger partial charge in [-0.25, -0.2) is 4.39 Å². The zero-order chi connectivity index (χ0) is 14.6. The number of hydrogen-bond acceptors (Lipinski definition) is 3. The quantitative estimate of drug-likeness (QED) is 0.873. The summed E-state index contributed by atoms with van der Waals surface area (Å²) in [7, 11) is 0. The summed E-state index contributed by atoms with van der Waals surface area (Å²) in [6.07, 6.45) is 2.03. The number of amides is 1. The number of carboxylic acid groups (broad SMARTS) is 1. The van der Waals surface area contributed by atoms with Gasteiger partial charge >= 0.3 is 5.97 Å². The highest BCUT2D eigenvalue weighted by molar-refractivity contribution is 5.94. The van der Waals surface area contributed by atoms with Crippen LogP contribution in [0.2, 0.25) is 0 Å². The molecule has 5 nitrogen and oxygen atoms in total. The maximum atomic E-state index is 13.0. The molecule has 1 heterocycles. The number of aromatic nitrogens is 1. The van der Waals surface area contributed by atoms with Gasteiger partial charge in [0.2, 0.25) is 0 Å². The van der Waals surface area contributed by atoms with Crippen molar-refractivity contribution in [1.82, 2.24) is 10.3 Å². The van der Waals surface area contributed by atoms with Crippen molar-refractivity contribution in [1.29, 1.82) is 0 Å². The van der Waals surface area contributed by atoms with Crippen molar-refractivity contribution < 1.29 is 19.1 Å². The van der Waals surface area contributed by atoms with Crippen molar-refractivity contribution in [3.05, 3.63) is 29.8 Å². The van der Waals surface area contributed by atoms with Gasteiger partial charge in [0.1, 0.15) is 5.82 Å². The van der Waals surface area contributed by atoms with E-state index in [4.69, 9.17) is 5.11 Å². The molecule has 0 fully saturated rings. The number of carbonyl (C=O) groups excluding carboxylic acids is 1. The molecular weight excluding hydrogens is 251 g/mol. The Morgan fingerprint density at radius 3 is 2.53 bits per heavy atom. The minimum absolute atomic E-state index is 0.0691. The largest absolute Gasteiger partial charge is 0.481 e. The Labute approximate surface area is 110 Å². The minimum Gasteiger partial charge on any atom is -0.481 e. The minimum atomic E-state index is -1.00. The lowest BCUT2D eigenvalue weighted by Crippen LogP contribution is -2.45. The summed E-state index contributed by atoms with van der Waals surface area (Å²) in [5.41, 5.74) is -0.353. The van der Waals surface area contributed by atoms with Crippen molar-refractivity contribution in [2.75, 3.05) is 0 Å². The Morgan fingerprint density at radius 2 is 2.05 bits per heavy atom. The lowest BCUT2D eigenvalue weighted by molar-refractivity contribution is -0.138. The standard InChI is InChI=1S/C13H17FN2O3/c1-13(2,3)10(5-11(17)18)16-12(19)8-4-9(14)7-15-6-8/h4,6-7,10H,5H2,1-3H3,(H,16,19)(H,17,18). The van der Waals surface area contributed by atoms with Crippen molar-refractivity contribution >= 4 is 11.9 Å². The molecule has 1 atom stereocenters. The second-order valence-electron chi connectivity index (χ2n) is 5.38. The maximum Gasteiger partial charge on any atom is 0.305 e. The van der Waals surface area contributed by atoms with Crippen LogP contribution < -0.4 is 5.32 Å². The fourth-order valence-electron chi connectivity index (χ4n) is 1.53. The lowest BCUT2D eigenvalue weighted by Gasteiger charge is -2.30. The molecule has 2 N–H and O–H groups in total. The van der Waals surface area contributed by atoms with Gasteiger partial charge in [0, 0.05) is 12.2 Å². The van der Waals surface area contributed by atoms with E-state index >= 15 is 0 Å². The number of hydrogen-bond donors (Lipinski definition) is 2. The summed E-state index contributed by atoms with van der Waals surface area (Å²) >= 11 is 0. The second-order valence-corrected chi connectivity index (χ2v) is 5.38. The Morgan fingerprint density at radius 1 is 1.42 bits per heavy atom. The lowest BCUT2D eigenvalue weighted by atomic mass is 9.84. The van der Waals surface area contributed by atoms with Crippen LogP contribution in [0.25, 0.3) is 0 Å². The molecule has 104 valence electrons. The Kier molecular flexibility index (Phi) is 4.58. The van der Waals surface area contributed by atoms with Crippen LogP contribution in [0.5, 0.6) is 0 Å². The molecule has 0 aliphatic carbocycles. The molecule has 0 aromatic carbocycles. The number of carbonyl (C=O) groups is 2. The van der Waals surface area contributed by atoms with Crippen molar-refractivity contribution in [3.8, 4) is 0 Å². The van der Waals surface area contributed by atoms with E-state index < -0.39 is 29.2 Å². The molecule has 1 amide bonds. The molecule has 0 aliphatic heterocycles. The first-order valence-corrected chi connectivity index (χ1v) is 5.83. The predicted molar refractivity (Wildman–Crippen MR) is 67.2 cm³/mol. The second kappa shape index (κ2) is 5.77. The first-order chi connectivity index (χ1) is 8.70. The Hall–Kier alpha value is -1.98. The van der Waals surface area contributed by atoms with Gasteiger partial charge in [0.25, 0.3) is 5.91 Å².